The molecule has 160 valence electrons. The minimum atomic E-state index is 0. The fraction of sp³-hybridized carbons (Fsp3) is 0.667. The molecular weight excluding hydrogens is 374 g/mol. The molecule has 1 fully saturated rings. The van der Waals surface area contributed by atoms with Gasteiger partial charge < -0.3 is 26.4 Å². The Balaban J connectivity index is 0.00000392. The van der Waals surface area contributed by atoms with E-state index in [1.807, 2.05) is 24.3 Å². The van der Waals surface area contributed by atoms with Crippen LogP contribution in [0.5, 0.6) is 5.75 Å². The highest BCUT2D eigenvalue weighted by Gasteiger charge is 2.11. The van der Waals surface area contributed by atoms with Crippen LogP contribution in [0.1, 0.15) is 44.1 Å². The summed E-state index contributed by atoms with van der Waals surface area (Å²) in [5.74, 6) is 1.87. The quantitative estimate of drug-likeness (QED) is 0.184. The monoisotopic (exact) mass is 411 g/mol. The molecule has 0 radical (unpaired) electrons. The van der Waals surface area contributed by atoms with Gasteiger partial charge in [-0.15, -0.1) is 12.4 Å². The summed E-state index contributed by atoms with van der Waals surface area (Å²) >= 11 is 0. The highest BCUT2D eigenvalue weighted by atomic mass is 35.5. The van der Waals surface area contributed by atoms with Gasteiger partial charge in [0.2, 0.25) is 0 Å². The van der Waals surface area contributed by atoms with Crippen LogP contribution in [0.4, 0.5) is 0 Å². The standard InChI is InChI=1S/C21H37N5O.ClH/c22-21(23)19-5-7-20(8-6-19)27-17-3-12-25-16-15-24-11-2-1-4-18-9-13-26-14-10-18;/h5-8,18,24-26H,1-4,9-17H2,(H3,22,23);1H. The van der Waals surface area contributed by atoms with Crippen molar-refractivity contribution in [2.75, 3.05) is 45.9 Å². The third-order valence-electron chi connectivity index (χ3n) is 5.09. The van der Waals surface area contributed by atoms with E-state index in [4.69, 9.17) is 15.9 Å². The van der Waals surface area contributed by atoms with Crippen LogP contribution in [-0.4, -0.2) is 51.7 Å². The second kappa shape index (κ2) is 15.6. The third-order valence-corrected chi connectivity index (χ3v) is 5.09. The summed E-state index contributed by atoms with van der Waals surface area (Å²) in [6.07, 6.45) is 7.76. The molecule has 0 spiro atoms. The Morgan fingerprint density at radius 1 is 1.00 bits per heavy atom. The SMILES string of the molecule is Cl.N=C(N)c1ccc(OCCCNCCNCCCCC2CCNCC2)cc1. The van der Waals surface area contributed by atoms with Gasteiger partial charge in [0.05, 0.1) is 6.61 Å². The fourth-order valence-electron chi connectivity index (χ4n) is 3.40. The van der Waals surface area contributed by atoms with Gasteiger partial charge in [-0.05, 0) is 82.0 Å². The number of ether oxygens (including phenoxy) is 1. The Bertz CT molecular complexity index is 520. The molecular formula is C21H38ClN5O. The Labute approximate surface area is 176 Å². The van der Waals surface area contributed by atoms with E-state index in [-0.39, 0.29) is 18.2 Å². The Kier molecular flexibility index (Phi) is 13.7. The molecule has 2 rings (SSSR count). The first-order valence-electron chi connectivity index (χ1n) is 10.4. The van der Waals surface area contributed by atoms with Crippen molar-refractivity contribution < 1.29 is 4.74 Å². The summed E-state index contributed by atoms with van der Waals surface area (Å²) in [6.45, 7) is 7.24. The zero-order chi connectivity index (χ0) is 19.2. The van der Waals surface area contributed by atoms with E-state index >= 15 is 0 Å². The molecule has 28 heavy (non-hydrogen) atoms. The number of benzene rings is 1. The number of rotatable bonds is 14. The van der Waals surface area contributed by atoms with Crippen LogP contribution >= 0.6 is 12.4 Å². The Morgan fingerprint density at radius 2 is 1.64 bits per heavy atom. The molecule has 0 aromatic heterocycles. The van der Waals surface area contributed by atoms with Gasteiger partial charge in [-0.2, -0.15) is 0 Å². The summed E-state index contributed by atoms with van der Waals surface area (Å²) in [6, 6.07) is 7.35. The van der Waals surface area contributed by atoms with Crippen LogP contribution in [-0.2, 0) is 0 Å². The van der Waals surface area contributed by atoms with E-state index in [2.05, 4.69) is 16.0 Å². The number of hydrogen-bond donors (Lipinski definition) is 5. The zero-order valence-corrected chi connectivity index (χ0v) is 17.8. The lowest BCUT2D eigenvalue weighted by Crippen LogP contribution is -2.29. The molecule has 7 heteroatoms. The van der Waals surface area contributed by atoms with E-state index in [1.54, 1.807) is 0 Å². The normalized spacial score (nSPS) is 14.4. The van der Waals surface area contributed by atoms with E-state index in [0.29, 0.717) is 6.61 Å². The van der Waals surface area contributed by atoms with Crippen molar-refractivity contribution in [1.29, 1.82) is 5.41 Å². The molecule has 1 aliphatic rings. The average Bonchev–Trinajstić information content (AvgIpc) is 2.70. The molecule has 1 aliphatic heterocycles. The first-order chi connectivity index (χ1) is 13.3. The minimum absolute atomic E-state index is 0. The smallest absolute Gasteiger partial charge is 0.122 e. The van der Waals surface area contributed by atoms with Crippen LogP contribution in [0.15, 0.2) is 24.3 Å². The summed E-state index contributed by atoms with van der Waals surface area (Å²) in [4.78, 5) is 0. The van der Waals surface area contributed by atoms with Crippen LogP contribution < -0.4 is 26.4 Å². The van der Waals surface area contributed by atoms with Crippen molar-refractivity contribution >= 4 is 18.2 Å². The van der Waals surface area contributed by atoms with Crippen molar-refractivity contribution in [3.8, 4) is 5.75 Å². The Hall–Kier alpha value is -1.34. The molecule has 0 aliphatic carbocycles. The second-order valence-electron chi connectivity index (χ2n) is 7.33. The summed E-state index contributed by atoms with van der Waals surface area (Å²) in [7, 11) is 0. The van der Waals surface area contributed by atoms with E-state index in [9.17, 15) is 0 Å². The van der Waals surface area contributed by atoms with Crippen LogP contribution in [0.25, 0.3) is 0 Å². The van der Waals surface area contributed by atoms with Gasteiger partial charge in [0.25, 0.3) is 0 Å². The molecule has 0 bridgehead atoms. The molecule has 1 aromatic carbocycles. The van der Waals surface area contributed by atoms with Crippen molar-refractivity contribution in [1.82, 2.24) is 16.0 Å². The number of halogens is 1. The van der Waals surface area contributed by atoms with Crippen molar-refractivity contribution in [2.24, 2.45) is 11.7 Å². The first-order valence-corrected chi connectivity index (χ1v) is 10.4. The van der Waals surface area contributed by atoms with Gasteiger partial charge in [-0.1, -0.05) is 12.8 Å². The molecule has 6 nitrogen and oxygen atoms in total. The summed E-state index contributed by atoms with van der Waals surface area (Å²) in [5, 5.41) is 17.8. The lowest BCUT2D eigenvalue weighted by molar-refractivity contribution is 0.308. The number of hydrogen-bond acceptors (Lipinski definition) is 5. The van der Waals surface area contributed by atoms with Crippen LogP contribution in [0, 0.1) is 11.3 Å². The average molecular weight is 412 g/mol. The highest BCUT2D eigenvalue weighted by Crippen LogP contribution is 2.18. The number of amidine groups is 1. The molecule has 6 N–H and O–H groups in total. The number of nitrogens with two attached hydrogens (primary N) is 1. The predicted octanol–water partition coefficient (Wildman–Crippen LogP) is 2.51. The number of nitrogens with one attached hydrogen (secondary N) is 4. The third kappa shape index (κ3) is 10.9. The first kappa shape index (κ1) is 24.7. The van der Waals surface area contributed by atoms with Gasteiger partial charge in [0.15, 0.2) is 0 Å². The number of unbranched alkanes of at least 4 members (excludes halogenated alkanes) is 1. The fourth-order valence-corrected chi connectivity index (χ4v) is 3.40. The maximum absolute atomic E-state index is 7.37. The van der Waals surface area contributed by atoms with Crippen molar-refractivity contribution in [2.45, 2.75) is 38.5 Å². The maximum Gasteiger partial charge on any atom is 0.122 e. The number of piperidine rings is 1. The van der Waals surface area contributed by atoms with Crippen molar-refractivity contribution in [3.05, 3.63) is 29.8 Å². The maximum atomic E-state index is 7.37. The molecule has 0 atom stereocenters. The second-order valence-corrected chi connectivity index (χ2v) is 7.33. The molecule has 0 saturated carbocycles. The number of nitrogen functional groups attached to an aromatic ring is 1. The van der Waals surface area contributed by atoms with Gasteiger partial charge in [-0.3, -0.25) is 5.41 Å². The molecule has 1 saturated heterocycles. The van der Waals surface area contributed by atoms with Gasteiger partial charge in [-0.25, -0.2) is 0 Å². The molecule has 0 unspecified atom stereocenters. The summed E-state index contributed by atoms with van der Waals surface area (Å²) in [5.41, 5.74) is 6.16. The van der Waals surface area contributed by atoms with E-state index < -0.39 is 0 Å². The van der Waals surface area contributed by atoms with Crippen molar-refractivity contribution in [3.63, 3.8) is 0 Å². The van der Waals surface area contributed by atoms with Gasteiger partial charge >= 0.3 is 0 Å². The lowest BCUT2D eigenvalue weighted by atomic mass is 9.92. The Morgan fingerprint density at radius 3 is 2.29 bits per heavy atom. The zero-order valence-electron chi connectivity index (χ0n) is 17.0. The summed E-state index contributed by atoms with van der Waals surface area (Å²) < 4.78 is 5.69. The largest absolute Gasteiger partial charge is 0.494 e. The minimum Gasteiger partial charge on any atom is -0.494 e. The van der Waals surface area contributed by atoms with E-state index in [0.717, 1.165) is 49.8 Å². The van der Waals surface area contributed by atoms with Gasteiger partial charge in [0.1, 0.15) is 11.6 Å². The lowest BCUT2D eigenvalue weighted by Gasteiger charge is -2.22. The van der Waals surface area contributed by atoms with Gasteiger partial charge in [0, 0.05) is 18.7 Å². The predicted molar refractivity (Wildman–Crippen MR) is 120 cm³/mol. The topological polar surface area (TPSA) is 95.2 Å². The van der Waals surface area contributed by atoms with Crippen LogP contribution in [0.2, 0.25) is 0 Å². The molecule has 1 heterocycles. The molecule has 0 amide bonds. The van der Waals surface area contributed by atoms with Crippen LogP contribution in [0.3, 0.4) is 0 Å². The molecule has 1 aromatic rings. The highest BCUT2D eigenvalue weighted by molar-refractivity contribution is 5.94. The van der Waals surface area contributed by atoms with E-state index in [1.165, 1.54) is 45.2 Å².